The lowest BCUT2D eigenvalue weighted by molar-refractivity contribution is -0.116. The van der Waals surface area contributed by atoms with Gasteiger partial charge in [0.15, 0.2) is 5.11 Å². The summed E-state index contributed by atoms with van der Waals surface area (Å²) >= 11 is 12.9. The molecule has 0 aliphatic carbocycles. The zero-order valence-electron chi connectivity index (χ0n) is 16.4. The molecule has 0 atom stereocenters. The molecule has 156 valence electrons. The van der Waals surface area contributed by atoms with Crippen LogP contribution >= 0.6 is 35.2 Å². The number of ether oxygens (including phenoxy) is 1. The number of hydrogen-bond acceptors (Lipinski definition) is 5. The number of amides is 2. The Morgan fingerprint density at radius 2 is 1.77 bits per heavy atom. The van der Waals surface area contributed by atoms with Crippen LogP contribution in [0.3, 0.4) is 0 Å². The van der Waals surface area contributed by atoms with E-state index in [4.69, 9.17) is 28.6 Å². The van der Waals surface area contributed by atoms with Crippen molar-refractivity contribution in [2.45, 2.75) is 19.8 Å². The second-order valence-electron chi connectivity index (χ2n) is 6.39. The normalized spacial score (nSPS) is 10.5. The Morgan fingerprint density at radius 3 is 2.40 bits per heavy atom. The summed E-state index contributed by atoms with van der Waals surface area (Å²) in [7, 11) is 1.58. The molecule has 0 bridgehead atoms. The number of carbonyl (C=O) groups excluding carboxylic acids is 2. The molecule has 2 aromatic carbocycles. The number of anilines is 2. The van der Waals surface area contributed by atoms with Gasteiger partial charge in [-0.1, -0.05) is 18.5 Å². The van der Waals surface area contributed by atoms with Crippen molar-refractivity contribution in [1.29, 1.82) is 0 Å². The van der Waals surface area contributed by atoms with Crippen molar-refractivity contribution < 1.29 is 14.3 Å². The molecule has 0 aliphatic rings. The molecule has 1 heterocycles. The van der Waals surface area contributed by atoms with E-state index in [1.54, 1.807) is 37.4 Å². The van der Waals surface area contributed by atoms with Gasteiger partial charge in [0.25, 0.3) is 5.91 Å². The molecule has 0 radical (unpaired) electrons. The number of halogens is 1. The third-order valence-electron chi connectivity index (χ3n) is 4.17. The number of carbonyl (C=O) groups is 2. The number of benzene rings is 2. The van der Waals surface area contributed by atoms with Gasteiger partial charge < -0.3 is 15.4 Å². The van der Waals surface area contributed by atoms with Crippen LogP contribution in [0.1, 0.15) is 29.4 Å². The maximum Gasteiger partial charge on any atom is 0.269 e. The highest BCUT2D eigenvalue weighted by Gasteiger charge is 2.18. The summed E-state index contributed by atoms with van der Waals surface area (Å²) in [5.74, 6) is 0.277. The number of nitrogens with one attached hydrogen (secondary N) is 3. The minimum Gasteiger partial charge on any atom is -0.497 e. The van der Waals surface area contributed by atoms with Gasteiger partial charge in [0, 0.05) is 27.9 Å². The highest BCUT2D eigenvalue weighted by molar-refractivity contribution is 7.80. The Morgan fingerprint density at radius 1 is 1.10 bits per heavy atom. The highest BCUT2D eigenvalue weighted by Crippen LogP contribution is 2.37. The van der Waals surface area contributed by atoms with Crippen molar-refractivity contribution in [3.8, 4) is 5.75 Å². The molecule has 0 spiro atoms. The summed E-state index contributed by atoms with van der Waals surface area (Å²) in [4.78, 5) is 24.7. The van der Waals surface area contributed by atoms with Crippen molar-refractivity contribution >= 4 is 73.5 Å². The largest absolute Gasteiger partial charge is 0.497 e. The van der Waals surface area contributed by atoms with E-state index in [-0.39, 0.29) is 16.9 Å². The molecule has 2 amide bonds. The van der Waals surface area contributed by atoms with Gasteiger partial charge >= 0.3 is 0 Å². The fourth-order valence-electron chi connectivity index (χ4n) is 2.73. The summed E-state index contributed by atoms with van der Waals surface area (Å²) in [5.41, 5.74) is 1.38. The third-order valence-corrected chi connectivity index (χ3v) is 6.03. The van der Waals surface area contributed by atoms with Crippen LogP contribution < -0.4 is 20.7 Å². The smallest absolute Gasteiger partial charge is 0.269 e. The van der Waals surface area contributed by atoms with E-state index in [0.29, 0.717) is 33.4 Å². The SMILES string of the molecule is CCCC(=O)Nc1ccc(NC(=S)NC(=O)c2sc3cc(OC)ccc3c2Cl)cc1. The molecule has 0 saturated carbocycles. The summed E-state index contributed by atoms with van der Waals surface area (Å²) in [6.07, 6.45) is 1.26. The number of hydrogen-bond donors (Lipinski definition) is 3. The van der Waals surface area contributed by atoms with E-state index in [9.17, 15) is 9.59 Å². The molecule has 3 rings (SSSR count). The standard InChI is InChI=1S/C21H20ClN3O3S2/c1-3-4-17(26)23-12-5-7-13(8-6-12)24-21(29)25-20(27)19-18(22)15-10-9-14(28-2)11-16(15)30-19/h5-11H,3-4H2,1-2H3,(H,23,26)(H2,24,25,27,29). The third kappa shape index (κ3) is 5.27. The minimum atomic E-state index is -0.388. The van der Waals surface area contributed by atoms with Gasteiger partial charge in [-0.3, -0.25) is 14.9 Å². The number of thiocarbonyl (C=S) groups is 1. The number of methoxy groups -OCH3 is 1. The average molecular weight is 462 g/mol. The van der Waals surface area contributed by atoms with E-state index < -0.39 is 0 Å². The van der Waals surface area contributed by atoms with Gasteiger partial charge in [-0.05, 0) is 61.1 Å². The van der Waals surface area contributed by atoms with Gasteiger partial charge in [0.05, 0.1) is 12.1 Å². The van der Waals surface area contributed by atoms with Gasteiger partial charge in [-0.25, -0.2) is 0 Å². The molecule has 3 aromatic rings. The molecular weight excluding hydrogens is 442 g/mol. The molecule has 30 heavy (non-hydrogen) atoms. The number of fused-ring (bicyclic) bond motifs is 1. The highest BCUT2D eigenvalue weighted by atomic mass is 35.5. The van der Waals surface area contributed by atoms with Crippen LogP contribution in [-0.4, -0.2) is 24.0 Å². The molecule has 6 nitrogen and oxygen atoms in total. The summed E-state index contributed by atoms with van der Waals surface area (Å²) < 4.78 is 6.06. The topological polar surface area (TPSA) is 79.5 Å². The molecule has 1 aromatic heterocycles. The molecule has 3 N–H and O–H groups in total. The zero-order valence-corrected chi connectivity index (χ0v) is 18.8. The first-order valence-corrected chi connectivity index (χ1v) is 10.8. The van der Waals surface area contributed by atoms with Crippen LogP contribution in [0.4, 0.5) is 11.4 Å². The Hall–Kier alpha value is -2.68. The maximum atomic E-state index is 12.6. The molecule has 9 heteroatoms. The van der Waals surface area contributed by atoms with Crippen molar-refractivity contribution in [1.82, 2.24) is 5.32 Å². The fourth-order valence-corrected chi connectivity index (χ4v) is 4.38. The lowest BCUT2D eigenvalue weighted by Gasteiger charge is -2.10. The van der Waals surface area contributed by atoms with E-state index in [1.165, 1.54) is 11.3 Å². The van der Waals surface area contributed by atoms with Crippen molar-refractivity contribution in [2.24, 2.45) is 0 Å². The minimum absolute atomic E-state index is 0.0289. The van der Waals surface area contributed by atoms with Crippen molar-refractivity contribution in [3.05, 3.63) is 52.4 Å². The number of rotatable bonds is 6. The molecule has 0 saturated heterocycles. The summed E-state index contributed by atoms with van der Waals surface area (Å²) in [5, 5.41) is 9.72. The Labute approximate surface area is 188 Å². The Kier molecular flexibility index (Phi) is 7.25. The first-order valence-electron chi connectivity index (χ1n) is 9.19. The predicted octanol–water partition coefficient (Wildman–Crippen LogP) is 5.43. The first-order chi connectivity index (χ1) is 14.4. The second-order valence-corrected chi connectivity index (χ2v) is 8.23. The quantitative estimate of drug-likeness (QED) is 0.426. The van der Waals surface area contributed by atoms with Gasteiger partial charge in [0.1, 0.15) is 10.6 Å². The Bertz CT molecular complexity index is 1100. The summed E-state index contributed by atoms with van der Waals surface area (Å²) in [6.45, 7) is 1.95. The van der Waals surface area contributed by atoms with Crippen molar-refractivity contribution in [3.63, 3.8) is 0 Å². The molecule has 0 fully saturated rings. The Balaban J connectivity index is 1.63. The lowest BCUT2D eigenvalue weighted by atomic mass is 10.2. The predicted molar refractivity (Wildman–Crippen MR) is 127 cm³/mol. The summed E-state index contributed by atoms with van der Waals surface area (Å²) in [6, 6.07) is 12.5. The lowest BCUT2D eigenvalue weighted by Crippen LogP contribution is -2.33. The number of thiophene rings is 1. The van der Waals surface area contributed by atoms with Gasteiger partial charge in [0.2, 0.25) is 5.91 Å². The van der Waals surface area contributed by atoms with E-state index in [2.05, 4.69) is 16.0 Å². The molecular formula is C21H20ClN3O3S2. The van der Waals surface area contributed by atoms with Crippen LogP contribution in [0, 0.1) is 0 Å². The van der Waals surface area contributed by atoms with Gasteiger partial charge in [-0.15, -0.1) is 11.3 Å². The zero-order chi connectivity index (χ0) is 21.7. The monoisotopic (exact) mass is 461 g/mol. The first kappa shape index (κ1) is 22.0. The fraction of sp³-hybridized carbons (Fsp3) is 0.190. The van der Waals surface area contributed by atoms with Crippen LogP contribution in [0.5, 0.6) is 5.75 Å². The second kappa shape index (κ2) is 9.88. The van der Waals surface area contributed by atoms with Crippen molar-refractivity contribution in [2.75, 3.05) is 17.7 Å². The van der Waals surface area contributed by atoms with Crippen LogP contribution in [-0.2, 0) is 4.79 Å². The van der Waals surface area contributed by atoms with Crippen LogP contribution in [0.2, 0.25) is 5.02 Å². The van der Waals surface area contributed by atoms with E-state index in [1.807, 2.05) is 19.1 Å². The molecule has 0 aliphatic heterocycles. The van der Waals surface area contributed by atoms with Crippen LogP contribution in [0.15, 0.2) is 42.5 Å². The molecule has 0 unspecified atom stereocenters. The van der Waals surface area contributed by atoms with E-state index >= 15 is 0 Å². The average Bonchev–Trinajstić information content (AvgIpc) is 3.05. The van der Waals surface area contributed by atoms with Gasteiger partial charge in [-0.2, -0.15) is 0 Å². The van der Waals surface area contributed by atoms with E-state index in [0.717, 1.165) is 16.5 Å². The van der Waals surface area contributed by atoms with Crippen LogP contribution in [0.25, 0.3) is 10.1 Å². The maximum absolute atomic E-state index is 12.6.